The lowest BCUT2D eigenvalue weighted by Crippen LogP contribution is -2.37. The molecule has 0 radical (unpaired) electrons. The van der Waals surface area contributed by atoms with Gasteiger partial charge in [0.15, 0.2) is 0 Å². The Balaban J connectivity index is 2.24. The first-order chi connectivity index (χ1) is 7.24. The number of nitrogens with one attached hydrogen (secondary N) is 1. The van der Waals surface area contributed by atoms with Crippen molar-refractivity contribution >= 4 is 5.97 Å². The van der Waals surface area contributed by atoms with E-state index in [9.17, 15) is 4.79 Å². The second-order valence-corrected chi connectivity index (χ2v) is 4.50. The van der Waals surface area contributed by atoms with E-state index in [1.165, 1.54) is 45.6 Å². The minimum Gasteiger partial charge on any atom is -0.468 e. The molecule has 0 unspecified atom stereocenters. The molecule has 0 amide bonds. The molecule has 0 aromatic rings. The zero-order valence-corrected chi connectivity index (χ0v) is 9.92. The zero-order valence-electron chi connectivity index (χ0n) is 9.92. The maximum atomic E-state index is 11.0. The summed E-state index contributed by atoms with van der Waals surface area (Å²) in [4.78, 5) is 11.0. The summed E-state index contributed by atoms with van der Waals surface area (Å²) >= 11 is 0. The summed E-state index contributed by atoms with van der Waals surface area (Å²) in [5.74, 6) is 0.563. The molecule has 1 rings (SSSR count). The molecule has 0 aromatic heterocycles. The molecule has 0 aromatic carbocycles. The number of hydrogen-bond acceptors (Lipinski definition) is 3. The molecule has 1 N–H and O–H groups in total. The number of methoxy groups -OCH3 is 1. The first-order valence-corrected chi connectivity index (χ1v) is 6.04. The van der Waals surface area contributed by atoms with Gasteiger partial charge in [-0.2, -0.15) is 0 Å². The molecule has 3 nitrogen and oxygen atoms in total. The quantitative estimate of drug-likeness (QED) is 0.574. The molecule has 1 aliphatic carbocycles. The number of rotatable bonds is 4. The topological polar surface area (TPSA) is 38.3 Å². The Hall–Kier alpha value is -0.570. The summed E-state index contributed by atoms with van der Waals surface area (Å²) in [5.41, 5.74) is 0. The molecule has 0 bridgehead atoms. The Morgan fingerprint density at radius 2 is 1.93 bits per heavy atom. The lowest BCUT2D eigenvalue weighted by Gasteiger charge is -2.23. The molecule has 0 spiro atoms. The van der Waals surface area contributed by atoms with Crippen molar-refractivity contribution < 1.29 is 9.53 Å². The van der Waals surface area contributed by atoms with Crippen molar-refractivity contribution in [3.05, 3.63) is 0 Å². The average molecular weight is 213 g/mol. The Kier molecular flexibility index (Phi) is 5.69. The molecule has 1 atom stereocenters. The molecule has 0 heterocycles. The highest BCUT2D eigenvalue weighted by molar-refractivity contribution is 5.71. The fourth-order valence-electron chi connectivity index (χ4n) is 2.29. The highest BCUT2D eigenvalue weighted by Crippen LogP contribution is 2.25. The van der Waals surface area contributed by atoms with Gasteiger partial charge < -0.3 is 10.1 Å². The van der Waals surface area contributed by atoms with E-state index < -0.39 is 0 Å². The van der Waals surface area contributed by atoms with Gasteiger partial charge in [-0.05, 0) is 25.7 Å². The molecule has 1 aliphatic rings. The van der Waals surface area contributed by atoms with Crippen molar-refractivity contribution in [2.75, 3.05) is 13.7 Å². The summed E-state index contributed by atoms with van der Waals surface area (Å²) in [6.45, 7) is 2.52. The fraction of sp³-hybridized carbons (Fsp3) is 0.917. The maximum Gasteiger partial charge on any atom is 0.319 e. The summed E-state index contributed by atoms with van der Waals surface area (Å²) in [6, 6.07) is 0.433. The van der Waals surface area contributed by atoms with Crippen LogP contribution in [0.5, 0.6) is 0 Å². The second kappa shape index (κ2) is 6.83. The van der Waals surface area contributed by atoms with E-state index in [0.29, 0.717) is 12.6 Å². The van der Waals surface area contributed by atoms with Gasteiger partial charge in [0.25, 0.3) is 0 Å². The van der Waals surface area contributed by atoms with Crippen molar-refractivity contribution in [3.63, 3.8) is 0 Å². The van der Waals surface area contributed by atoms with Crippen molar-refractivity contribution in [3.8, 4) is 0 Å². The van der Waals surface area contributed by atoms with E-state index in [0.717, 1.165) is 5.92 Å². The van der Waals surface area contributed by atoms with Crippen LogP contribution in [0.1, 0.15) is 45.4 Å². The van der Waals surface area contributed by atoms with Crippen LogP contribution in [-0.2, 0) is 9.53 Å². The Morgan fingerprint density at radius 3 is 2.47 bits per heavy atom. The van der Waals surface area contributed by atoms with Crippen LogP contribution in [0.25, 0.3) is 0 Å². The van der Waals surface area contributed by atoms with Crippen LogP contribution in [-0.4, -0.2) is 25.7 Å². The van der Waals surface area contributed by atoms with Gasteiger partial charge >= 0.3 is 5.97 Å². The van der Waals surface area contributed by atoms with Crippen molar-refractivity contribution in [2.24, 2.45) is 5.92 Å². The van der Waals surface area contributed by atoms with E-state index in [1.807, 2.05) is 0 Å². The monoisotopic (exact) mass is 213 g/mol. The molecule has 0 saturated heterocycles. The summed E-state index contributed by atoms with van der Waals surface area (Å²) in [5, 5.41) is 3.26. The van der Waals surface area contributed by atoms with Crippen LogP contribution in [0.2, 0.25) is 0 Å². The van der Waals surface area contributed by atoms with Crippen LogP contribution in [0.15, 0.2) is 0 Å². The highest BCUT2D eigenvalue weighted by Gasteiger charge is 2.19. The molecule has 88 valence electrons. The van der Waals surface area contributed by atoms with E-state index in [1.54, 1.807) is 0 Å². The van der Waals surface area contributed by atoms with Gasteiger partial charge in [0.1, 0.15) is 0 Å². The number of carbonyl (C=O) groups is 1. The van der Waals surface area contributed by atoms with E-state index in [-0.39, 0.29) is 5.97 Å². The summed E-state index contributed by atoms with van der Waals surface area (Å²) in [6.07, 6.45) is 8.04. The number of ether oxygens (including phenoxy) is 1. The first kappa shape index (κ1) is 12.5. The third-order valence-electron chi connectivity index (χ3n) is 3.40. The SMILES string of the molecule is COC(=O)CN[C@H](C)C1CCCCCC1. The minimum atomic E-state index is -0.171. The molecule has 1 fully saturated rings. The van der Waals surface area contributed by atoms with Crippen molar-refractivity contribution in [1.82, 2.24) is 5.32 Å². The standard InChI is InChI=1S/C12H23NO2/c1-10(13-9-12(14)15-2)11-7-5-3-4-6-8-11/h10-11,13H,3-9H2,1-2H3/t10-/m1/s1. The molecule has 0 aliphatic heterocycles. The lowest BCUT2D eigenvalue weighted by molar-refractivity contribution is -0.139. The van der Waals surface area contributed by atoms with Crippen LogP contribution in [0, 0.1) is 5.92 Å². The predicted molar refractivity (Wildman–Crippen MR) is 60.7 cm³/mol. The molecule has 15 heavy (non-hydrogen) atoms. The lowest BCUT2D eigenvalue weighted by atomic mass is 9.93. The van der Waals surface area contributed by atoms with Gasteiger partial charge in [0.05, 0.1) is 13.7 Å². The number of carbonyl (C=O) groups excluding carboxylic acids is 1. The molecule has 3 heteroatoms. The zero-order chi connectivity index (χ0) is 11.1. The minimum absolute atomic E-state index is 0.171. The van der Waals surface area contributed by atoms with Crippen LogP contribution >= 0.6 is 0 Å². The molecular weight excluding hydrogens is 190 g/mol. The van der Waals surface area contributed by atoms with Crippen LogP contribution in [0.3, 0.4) is 0 Å². The van der Waals surface area contributed by atoms with E-state index in [4.69, 9.17) is 0 Å². The molecular formula is C12H23NO2. The third kappa shape index (κ3) is 4.65. The Labute approximate surface area is 92.6 Å². The normalized spacial score (nSPS) is 20.7. The second-order valence-electron chi connectivity index (χ2n) is 4.50. The average Bonchev–Trinajstić information content (AvgIpc) is 2.53. The van der Waals surface area contributed by atoms with Crippen molar-refractivity contribution in [2.45, 2.75) is 51.5 Å². The van der Waals surface area contributed by atoms with Crippen LogP contribution in [0.4, 0.5) is 0 Å². The Morgan fingerprint density at radius 1 is 1.33 bits per heavy atom. The number of hydrogen-bond donors (Lipinski definition) is 1. The summed E-state index contributed by atoms with van der Waals surface area (Å²) < 4.78 is 4.61. The van der Waals surface area contributed by atoms with E-state index in [2.05, 4.69) is 17.0 Å². The van der Waals surface area contributed by atoms with Crippen LogP contribution < -0.4 is 5.32 Å². The number of esters is 1. The summed E-state index contributed by atoms with van der Waals surface area (Å²) in [7, 11) is 1.43. The van der Waals surface area contributed by atoms with Gasteiger partial charge in [-0.25, -0.2) is 0 Å². The van der Waals surface area contributed by atoms with Gasteiger partial charge in [-0.3, -0.25) is 4.79 Å². The highest BCUT2D eigenvalue weighted by atomic mass is 16.5. The first-order valence-electron chi connectivity index (χ1n) is 6.04. The largest absolute Gasteiger partial charge is 0.468 e. The maximum absolute atomic E-state index is 11.0. The fourth-order valence-corrected chi connectivity index (χ4v) is 2.29. The Bertz CT molecular complexity index is 186. The molecule has 1 saturated carbocycles. The van der Waals surface area contributed by atoms with Gasteiger partial charge in [-0.15, -0.1) is 0 Å². The van der Waals surface area contributed by atoms with Crippen molar-refractivity contribution in [1.29, 1.82) is 0 Å². The van der Waals surface area contributed by atoms with E-state index >= 15 is 0 Å². The third-order valence-corrected chi connectivity index (χ3v) is 3.40. The van der Waals surface area contributed by atoms with Gasteiger partial charge in [0.2, 0.25) is 0 Å². The van der Waals surface area contributed by atoms with Gasteiger partial charge in [-0.1, -0.05) is 25.7 Å². The predicted octanol–water partition coefficient (Wildman–Crippen LogP) is 2.11. The smallest absolute Gasteiger partial charge is 0.319 e. The van der Waals surface area contributed by atoms with Gasteiger partial charge in [0, 0.05) is 6.04 Å².